The molecule has 0 aliphatic heterocycles. The summed E-state index contributed by atoms with van der Waals surface area (Å²) in [6, 6.07) is 4.69. The maximum atomic E-state index is 12.9. The molecule has 1 aromatic rings. The Morgan fingerprint density at radius 1 is 1.32 bits per heavy atom. The van der Waals surface area contributed by atoms with Crippen molar-refractivity contribution in [2.75, 3.05) is 0 Å². The second-order valence-corrected chi connectivity index (χ2v) is 4.90. The van der Waals surface area contributed by atoms with E-state index in [1.165, 1.54) is 24.3 Å². The van der Waals surface area contributed by atoms with Gasteiger partial charge in [-0.05, 0) is 38.0 Å². The highest BCUT2D eigenvalue weighted by Gasteiger charge is 2.32. The first-order valence-electron chi connectivity index (χ1n) is 6.08. The lowest BCUT2D eigenvalue weighted by molar-refractivity contribution is -0.142. The van der Waals surface area contributed by atoms with E-state index in [0.717, 1.165) is 0 Å². The van der Waals surface area contributed by atoms with Gasteiger partial charge in [-0.25, -0.2) is 9.18 Å². The zero-order chi connectivity index (χ0) is 14.6. The van der Waals surface area contributed by atoms with Crippen LogP contribution in [0, 0.1) is 5.82 Å². The Morgan fingerprint density at radius 3 is 2.26 bits per heavy atom. The largest absolute Gasteiger partial charge is 0.480 e. The van der Waals surface area contributed by atoms with Gasteiger partial charge in [0.25, 0.3) is 0 Å². The van der Waals surface area contributed by atoms with E-state index >= 15 is 0 Å². The summed E-state index contributed by atoms with van der Waals surface area (Å²) >= 11 is 0. The van der Waals surface area contributed by atoms with Crippen LogP contribution in [0.2, 0.25) is 0 Å². The van der Waals surface area contributed by atoms with E-state index in [1.54, 1.807) is 20.8 Å². The minimum atomic E-state index is -1.06. The Bertz CT molecular complexity index is 468. The standard InChI is InChI=1S/C14H18FNO3/c1-4-11(12(17)18)16-13(19)14(2,3)9-5-7-10(15)8-6-9/h5-8,11H,4H2,1-3H3,(H,16,19)(H,17,18). The van der Waals surface area contributed by atoms with Crippen LogP contribution < -0.4 is 5.32 Å². The van der Waals surface area contributed by atoms with Crippen LogP contribution in [0.25, 0.3) is 0 Å². The summed E-state index contributed by atoms with van der Waals surface area (Å²) in [4.78, 5) is 23.1. The lowest BCUT2D eigenvalue weighted by Gasteiger charge is -2.26. The number of amides is 1. The van der Waals surface area contributed by atoms with Crippen molar-refractivity contribution in [3.63, 3.8) is 0 Å². The number of carboxylic acid groups (broad SMARTS) is 1. The van der Waals surface area contributed by atoms with Crippen LogP contribution in [0.15, 0.2) is 24.3 Å². The maximum Gasteiger partial charge on any atom is 0.326 e. The summed E-state index contributed by atoms with van der Waals surface area (Å²) < 4.78 is 12.9. The number of rotatable bonds is 5. The molecule has 0 aliphatic carbocycles. The van der Waals surface area contributed by atoms with Crippen LogP contribution in [-0.2, 0) is 15.0 Å². The first-order chi connectivity index (χ1) is 8.78. The SMILES string of the molecule is CCC(NC(=O)C(C)(C)c1ccc(F)cc1)C(=O)O. The molecule has 0 saturated heterocycles. The van der Waals surface area contributed by atoms with E-state index in [2.05, 4.69) is 5.32 Å². The van der Waals surface area contributed by atoms with Gasteiger partial charge in [-0.2, -0.15) is 0 Å². The van der Waals surface area contributed by atoms with Gasteiger partial charge in [0.05, 0.1) is 5.41 Å². The summed E-state index contributed by atoms with van der Waals surface area (Å²) in [6.07, 6.45) is 0.306. The van der Waals surface area contributed by atoms with Crippen LogP contribution >= 0.6 is 0 Å². The first kappa shape index (κ1) is 15.1. The number of carbonyl (C=O) groups is 2. The summed E-state index contributed by atoms with van der Waals surface area (Å²) in [6.45, 7) is 5.03. The number of aliphatic carboxylic acids is 1. The van der Waals surface area contributed by atoms with Gasteiger partial charge < -0.3 is 10.4 Å². The fraction of sp³-hybridized carbons (Fsp3) is 0.429. The fourth-order valence-electron chi connectivity index (χ4n) is 1.67. The van der Waals surface area contributed by atoms with Crippen molar-refractivity contribution in [2.24, 2.45) is 0 Å². The van der Waals surface area contributed by atoms with Gasteiger partial charge in [-0.3, -0.25) is 4.79 Å². The molecule has 104 valence electrons. The third-order valence-electron chi connectivity index (χ3n) is 3.15. The fourth-order valence-corrected chi connectivity index (χ4v) is 1.67. The average molecular weight is 267 g/mol. The highest BCUT2D eigenvalue weighted by Crippen LogP contribution is 2.23. The number of halogens is 1. The van der Waals surface area contributed by atoms with Crippen molar-refractivity contribution in [1.82, 2.24) is 5.32 Å². The van der Waals surface area contributed by atoms with E-state index in [0.29, 0.717) is 12.0 Å². The predicted molar refractivity (Wildman–Crippen MR) is 69.3 cm³/mol. The molecule has 5 heteroatoms. The Balaban J connectivity index is 2.90. The second kappa shape index (κ2) is 5.82. The van der Waals surface area contributed by atoms with Crippen molar-refractivity contribution in [2.45, 2.75) is 38.6 Å². The molecular formula is C14H18FNO3. The normalized spacial score (nSPS) is 12.8. The predicted octanol–water partition coefficient (Wildman–Crippen LogP) is 2.08. The zero-order valence-corrected chi connectivity index (χ0v) is 11.2. The average Bonchev–Trinajstić information content (AvgIpc) is 2.35. The van der Waals surface area contributed by atoms with Gasteiger partial charge in [0, 0.05) is 0 Å². The van der Waals surface area contributed by atoms with Crippen LogP contribution in [0.5, 0.6) is 0 Å². The molecule has 0 bridgehead atoms. The molecule has 4 nitrogen and oxygen atoms in total. The maximum absolute atomic E-state index is 12.9. The summed E-state index contributed by atoms with van der Waals surface area (Å²) in [5.74, 6) is -1.84. The quantitative estimate of drug-likeness (QED) is 0.858. The van der Waals surface area contributed by atoms with E-state index < -0.39 is 23.3 Å². The Labute approximate surface area is 111 Å². The molecule has 0 aromatic heterocycles. The van der Waals surface area contributed by atoms with Crippen molar-refractivity contribution < 1.29 is 19.1 Å². The molecule has 1 atom stereocenters. The monoisotopic (exact) mass is 267 g/mol. The van der Waals surface area contributed by atoms with Gasteiger partial charge in [0.15, 0.2) is 0 Å². The van der Waals surface area contributed by atoms with Crippen molar-refractivity contribution in [1.29, 1.82) is 0 Å². The molecule has 0 fully saturated rings. The smallest absolute Gasteiger partial charge is 0.326 e. The summed E-state index contributed by atoms with van der Waals surface area (Å²) in [7, 11) is 0. The van der Waals surface area contributed by atoms with Crippen LogP contribution in [0.1, 0.15) is 32.8 Å². The number of hydrogen-bond donors (Lipinski definition) is 2. The lowest BCUT2D eigenvalue weighted by atomic mass is 9.83. The first-order valence-corrected chi connectivity index (χ1v) is 6.08. The number of carboxylic acids is 1. The molecule has 1 unspecified atom stereocenters. The highest BCUT2D eigenvalue weighted by molar-refractivity contribution is 5.90. The molecular weight excluding hydrogens is 249 g/mol. The third kappa shape index (κ3) is 3.53. The number of hydrogen-bond acceptors (Lipinski definition) is 2. The minimum Gasteiger partial charge on any atom is -0.480 e. The molecule has 19 heavy (non-hydrogen) atoms. The minimum absolute atomic E-state index is 0.306. The number of benzene rings is 1. The van der Waals surface area contributed by atoms with Gasteiger partial charge in [0.1, 0.15) is 11.9 Å². The van der Waals surface area contributed by atoms with Crippen molar-refractivity contribution >= 4 is 11.9 Å². The van der Waals surface area contributed by atoms with Crippen LogP contribution in [0.4, 0.5) is 4.39 Å². The molecule has 0 heterocycles. The molecule has 0 spiro atoms. The van der Waals surface area contributed by atoms with Crippen LogP contribution in [-0.4, -0.2) is 23.0 Å². The van der Waals surface area contributed by atoms with Gasteiger partial charge in [-0.1, -0.05) is 19.1 Å². The molecule has 0 aliphatic rings. The number of carbonyl (C=O) groups excluding carboxylic acids is 1. The third-order valence-corrected chi connectivity index (χ3v) is 3.15. The van der Waals surface area contributed by atoms with E-state index in [4.69, 9.17) is 5.11 Å². The Kier molecular flexibility index (Phi) is 4.64. The van der Waals surface area contributed by atoms with E-state index in [-0.39, 0.29) is 5.82 Å². The Hall–Kier alpha value is -1.91. The molecule has 1 rings (SSSR count). The number of nitrogens with one attached hydrogen (secondary N) is 1. The van der Waals surface area contributed by atoms with Gasteiger partial charge in [-0.15, -0.1) is 0 Å². The van der Waals surface area contributed by atoms with Gasteiger partial charge >= 0.3 is 5.97 Å². The van der Waals surface area contributed by atoms with E-state index in [9.17, 15) is 14.0 Å². The highest BCUT2D eigenvalue weighted by atomic mass is 19.1. The van der Waals surface area contributed by atoms with Gasteiger partial charge in [0.2, 0.25) is 5.91 Å². The molecule has 2 N–H and O–H groups in total. The molecule has 0 radical (unpaired) electrons. The topological polar surface area (TPSA) is 66.4 Å². The Morgan fingerprint density at radius 2 is 1.84 bits per heavy atom. The molecule has 1 amide bonds. The van der Waals surface area contributed by atoms with E-state index in [1.807, 2.05) is 0 Å². The lowest BCUT2D eigenvalue weighted by Crippen LogP contribution is -2.48. The van der Waals surface area contributed by atoms with Crippen LogP contribution in [0.3, 0.4) is 0 Å². The molecule has 0 saturated carbocycles. The summed E-state index contributed by atoms with van der Waals surface area (Å²) in [5.41, 5.74) is -0.289. The summed E-state index contributed by atoms with van der Waals surface area (Å²) in [5, 5.41) is 11.4. The van der Waals surface area contributed by atoms with Crippen molar-refractivity contribution in [3.8, 4) is 0 Å². The van der Waals surface area contributed by atoms with Crippen molar-refractivity contribution in [3.05, 3.63) is 35.6 Å². The second-order valence-electron chi connectivity index (χ2n) is 4.90. The molecule has 1 aromatic carbocycles. The zero-order valence-electron chi connectivity index (χ0n) is 11.2.